The summed E-state index contributed by atoms with van der Waals surface area (Å²) in [6.07, 6.45) is -0.940. The molecule has 0 aromatic heterocycles. The van der Waals surface area contributed by atoms with Crippen LogP contribution in [0.5, 0.6) is 0 Å². The Balaban J connectivity index is 6.22. The van der Waals surface area contributed by atoms with Crippen molar-refractivity contribution >= 4 is 31.7 Å². The molecule has 0 aliphatic carbocycles. The minimum absolute atomic E-state index is 0.940. The Morgan fingerprint density at radius 1 is 1.05 bits per heavy atom. The molecular formula is C10H16F2O8S2. The summed E-state index contributed by atoms with van der Waals surface area (Å²) in [6, 6.07) is 0. The second-order valence-corrected chi connectivity index (χ2v) is 8.70. The number of ether oxygens (including phenoxy) is 1. The number of hydrogen-bond acceptors (Lipinski definition) is 7. The molecule has 1 unspecified atom stereocenters. The minimum atomic E-state index is -6.41. The number of Topliss-reactive ketones (excluding diaryl/α,β-unsaturated/α-hetero) is 1. The molecule has 1 atom stereocenters. The van der Waals surface area contributed by atoms with Gasteiger partial charge in [-0.15, -0.1) is 0 Å². The highest BCUT2D eigenvalue weighted by Gasteiger charge is 2.64. The largest absolute Gasteiger partial charge is 0.471 e. The number of hydrogen-bond donors (Lipinski definition) is 1. The van der Waals surface area contributed by atoms with Crippen molar-refractivity contribution in [3.8, 4) is 0 Å². The average molecular weight is 366 g/mol. The average Bonchev–Trinajstić information content (AvgIpc) is 2.25. The molecule has 0 radical (unpaired) electrons. The molecule has 0 heterocycles. The highest BCUT2D eigenvalue weighted by Crippen LogP contribution is 2.33. The number of halogens is 2. The third kappa shape index (κ3) is 3.98. The zero-order valence-electron chi connectivity index (χ0n) is 12.1. The Kier molecular flexibility index (Phi) is 6.20. The van der Waals surface area contributed by atoms with E-state index >= 15 is 0 Å². The van der Waals surface area contributed by atoms with Crippen molar-refractivity contribution in [2.24, 2.45) is 5.92 Å². The molecule has 1 N–H and O–H groups in total. The van der Waals surface area contributed by atoms with Crippen LogP contribution in [-0.4, -0.2) is 49.1 Å². The topological polar surface area (TPSA) is 132 Å². The third-order valence-corrected chi connectivity index (χ3v) is 5.97. The van der Waals surface area contributed by atoms with Crippen molar-refractivity contribution in [1.82, 2.24) is 0 Å². The highest BCUT2D eigenvalue weighted by atomic mass is 32.3. The second-order valence-electron chi connectivity index (χ2n) is 4.91. The fraction of sp³-hybridized carbons (Fsp3) is 0.800. The third-order valence-electron chi connectivity index (χ3n) is 2.34. The number of rotatable bonds is 7. The van der Waals surface area contributed by atoms with Gasteiger partial charge in [-0.3, -0.25) is 14.1 Å². The van der Waals surface area contributed by atoms with Gasteiger partial charge in [-0.25, -0.2) is 8.42 Å². The van der Waals surface area contributed by atoms with Crippen LogP contribution in [0.25, 0.3) is 0 Å². The molecule has 0 rings (SSSR count). The van der Waals surface area contributed by atoms with Crippen LogP contribution in [0.4, 0.5) is 8.78 Å². The van der Waals surface area contributed by atoms with Crippen LogP contribution in [0.2, 0.25) is 0 Å². The van der Waals surface area contributed by atoms with Gasteiger partial charge in [-0.1, -0.05) is 13.8 Å². The van der Waals surface area contributed by atoms with Crippen molar-refractivity contribution in [2.45, 2.75) is 43.6 Å². The molecule has 0 spiro atoms. The predicted octanol–water partition coefficient (Wildman–Crippen LogP) is 0.385. The molecule has 130 valence electrons. The maximum absolute atomic E-state index is 13.5. The Labute approximate surface area is 126 Å². The lowest BCUT2D eigenvalue weighted by atomic mass is 10.1. The van der Waals surface area contributed by atoms with E-state index in [0.717, 1.165) is 13.8 Å². The quantitative estimate of drug-likeness (QED) is 0.389. The number of alkyl halides is 2. The Hall–Kier alpha value is -1.14. The van der Waals surface area contributed by atoms with Crippen molar-refractivity contribution in [3.05, 3.63) is 0 Å². The molecule has 0 fully saturated rings. The molecule has 0 bridgehead atoms. The summed E-state index contributed by atoms with van der Waals surface area (Å²) < 4.78 is 78.8. The van der Waals surface area contributed by atoms with Gasteiger partial charge < -0.3 is 4.74 Å². The lowest BCUT2D eigenvalue weighted by molar-refractivity contribution is -0.149. The normalized spacial score (nSPS) is 15.0. The Bertz CT molecular complexity index is 648. The first kappa shape index (κ1) is 20.9. The van der Waals surface area contributed by atoms with Crippen molar-refractivity contribution < 1.29 is 44.5 Å². The first-order valence-corrected chi connectivity index (χ1v) is 8.88. The van der Waals surface area contributed by atoms with E-state index in [4.69, 9.17) is 4.55 Å². The summed E-state index contributed by atoms with van der Waals surface area (Å²) in [5.74, 6) is -4.50. The van der Waals surface area contributed by atoms with E-state index < -0.39 is 53.6 Å². The van der Waals surface area contributed by atoms with Crippen LogP contribution in [0.15, 0.2) is 0 Å². The lowest BCUT2D eigenvalue weighted by Crippen LogP contribution is -2.51. The zero-order valence-corrected chi connectivity index (χ0v) is 13.7. The summed E-state index contributed by atoms with van der Waals surface area (Å²) in [4.78, 5) is 23.5. The molecule has 0 aromatic carbocycles. The van der Waals surface area contributed by atoms with Crippen LogP contribution in [0, 0.1) is 5.92 Å². The highest BCUT2D eigenvalue weighted by molar-refractivity contribution is 8.08. The van der Waals surface area contributed by atoms with Crippen LogP contribution in [-0.2, 0) is 34.3 Å². The summed E-state index contributed by atoms with van der Waals surface area (Å²) in [7, 11) is -12.7. The van der Waals surface area contributed by atoms with Gasteiger partial charge in [0, 0.05) is 5.92 Å². The lowest BCUT2D eigenvalue weighted by Gasteiger charge is -2.22. The van der Waals surface area contributed by atoms with E-state index in [1.807, 2.05) is 0 Å². The fourth-order valence-corrected chi connectivity index (χ4v) is 3.90. The summed E-state index contributed by atoms with van der Waals surface area (Å²) in [5, 5.41) is -3.06. The number of carbonyl (C=O) groups is 2. The maximum Gasteiger partial charge on any atom is 0.471 e. The zero-order chi connectivity index (χ0) is 18.1. The van der Waals surface area contributed by atoms with Gasteiger partial charge in [-0.05, 0) is 13.8 Å². The fourth-order valence-electron chi connectivity index (χ4n) is 1.28. The van der Waals surface area contributed by atoms with Gasteiger partial charge in [-0.2, -0.15) is 17.2 Å². The first-order chi connectivity index (χ1) is 9.57. The van der Waals surface area contributed by atoms with E-state index in [-0.39, 0.29) is 0 Å². The summed E-state index contributed by atoms with van der Waals surface area (Å²) in [6.45, 7) is 4.78. The number of esters is 1. The van der Waals surface area contributed by atoms with E-state index in [2.05, 4.69) is 4.74 Å². The van der Waals surface area contributed by atoms with Gasteiger partial charge in [0.15, 0.2) is 5.78 Å². The molecule has 12 heteroatoms. The van der Waals surface area contributed by atoms with Crippen LogP contribution < -0.4 is 0 Å². The van der Waals surface area contributed by atoms with Gasteiger partial charge >= 0.3 is 20.7 Å². The van der Waals surface area contributed by atoms with Gasteiger partial charge in [0.05, 0.1) is 6.10 Å². The minimum Gasteiger partial charge on any atom is -0.462 e. The summed E-state index contributed by atoms with van der Waals surface area (Å²) >= 11 is 0. The van der Waals surface area contributed by atoms with E-state index in [0.29, 0.717) is 0 Å². The predicted molar refractivity (Wildman–Crippen MR) is 70.3 cm³/mol. The van der Waals surface area contributed by atoms with E-state index in [1.165, 1.54) is 13.8 Å². The monoisotopic (exact) mass is 366 g/mol. The van der Waals surface area contributed by atoms with Crippen molar-refractivity contribution in [1.29, 1.82) is 0 Å². The van der Waals surface area contributed by atoms with Crippen molar-refractivity contribution in [2.75, 3.05) is 0 Å². The molecule has 0 amide bonds. The molecule has 0 aromatic rings. The van der Waals surface area contributed by atoms with E-state index in [9.17, 15) is 35.2 Å². The molecular weight excluding hydrogens is 350 g/mol. The van der Waals surface area contributed by atoms with Crippen LogP contribution in [0.3, 0.4) is 0 Å². The molecule has 0 saturated carbocycles. The Morgan fingerprint density at radius 2 is 1.45 bits per heavy atom. The number of ketones is 1. The Morgan fingerprint density at radius 3 is 1.73 bits per heavy atom. The first-order valence-electron chi connectivity index (χ1n) is 5.89. The maximum atomic E-state index is 13.5. The van der Waals surface area contributed by atoms with Gasteiger partial charge in [0.2, 0.25) is 5.25 Å². The molecule has 0 saturated heterocycles. The SMILES string of the molecule is CC(C)OC(=O)C(C(=O)C(C)C)S(=O)(=O)C(F)(F)S(=O)(=O)O. The van der Waals surface area contributed by atoms with E-state index in [1.54, 1.807) is 0 Å². The van der Waals surface area contributed by atoms with Crippen LogP contribution in [0.1, 0.15) is 27.7 Å². The molecule has 0 aliphatic rings. The molecule has 8 nitrogen and oxygen atoms in total. The molecule has 22 heavy (non-hydrogen) atoms. The van der Waals surface area contributed by atoms with Gasteiger partial charge in [0.25, 0.3) is 9.84 Å². The van der Waals surface area contributed by atoms with Gasteiger partial charge in [0.1, 0.15) is 0 Å². The van der Waals surface area contributed by atoms with Crippen molar-refractivity contribution in [3.63, 3.8) is 0 Å². The smallest absolute Gasteiger partial charge is 0.462 e. The number of sulfone groups is 1. The number of carbonyl (C=O) groups excluding carboxylic acids is 2. The van der Waals surface area contributed by atoms with Crippen LogP contribution >= 0.6 is 0 Å². The standard InChI is InChI=1S/C10H16F2O8S2/c1-5(2)7(13)8(9(14)20-6(3)4)21(15,16)10(11,12)22(17,18)19/h5-6,8H,1-4H3,(H,17,18,19). The summed E-state index contributed by atoms with van der Waals surface area (Å²) in [5.41, 5.74) is 0. The second kappa shape index (κ2) is 6.54. The molecule has 0 aliphatic heterocycles.